The molecule has 1 aromatic heterocycles. The Labute approximate surface area is 163 Å². The van der Waals surface area contributed by atoms with E-state index in [1.165, 1.54) is 9.47 Å². The van der Waals surface area contributed by atoms with Crippen LogP contribution in [0, 0.1) is 11.8 Å². The van der Waals surface area contributed by atoms with Crippen molar-refractivity contribution in [1.29, 1.82) is 0 Å². The summed E-state index contributed by atoms with van der Waals surface area (Å²) in [7, 11) is 0. The van der Waals surface area contributed by atoms with Crippen LogP contribution in [-0.2, 0) is 0 Å². The topological polar surface area (TPSA) is 110 Å². The molecule has 1 aromatic rings. The zero-order valence-corrected chi connectivity index (χ0v) is 15.8. The van der Waals surface area contributed by atoms with Gasteiger partial charge in [0.25, 0.3) is 5.56 Å². The molecule has 29 heavy (non-hydrogen) atoms. The van der Waals surface area contributed by atoms with Crippen LogP contribution in [0.3, 0.4) is 0 Å². The molecular formula is C18H23F4N5O2. The zero-order valence-electron chi connectivity index (χ0n) is 15.8. The van der Waals surface area contributed by atoms with E-state index in [-0.39, 0.29) is 24.7 Å². The summed E-state index contributed by atoms with van der Waals surface area (Å²) >= 11 is 0. The van der Waals surface area contributed by atoms with E-state index in [4.69, 9.17) is 11.5 Å². The Morgan fingerprint density at radius 1 is 1.21 bits per heavy atom. The molecule has 5 N–H and O–H groups in total. The second-order valence-corrected chi connectivity index (χ2v) is 8.21. The summed E-state index contributed by atoms with van der Waals surface area (Å²) in [6.45, 7) is 0.993. The predicted molar refractivity (Wildman–Crippen MR) is 97.7 cm³/mol. The SMILES string of the molecule is CC1c2c(c(=O)[nH]c(=O)n2C2CC2)C(N)=C(F)C1N1CC(CN)C(C(F)(F)F)C1. The number of fused-ring (bicyclic) bond motifs is 1. The summed E-state index contributed by atoms with van der Waals surface area (Å²) in [5, 5.41) is 0. The summed E-state index contributed by atoms with van der Waals surface area (Å²) in [6.07, 6.45) is -2.98. The molecule has 0 radical (unpaired) electrons. The number of hydrogen-bond acceptors (Lipinski definition) is 5. The predicted octanol–water partition coefficient (Wildman–Crippen LogP) is 1.02. The Morgan fingerprint density at radius 2 is 1.86 bits per heavy atom. The van der Waals surface area contributed by atoms with E-state index < -0.39 is 59.3 Å². The van der Waals surface area contributed by atoms with Gasteiger partial charge in [-0.05, 0) is 25.3 Å². The first-order valence-electron chi connectivity index (χ1n) is 9.61. The maximum atomic E-state index is 15.3. The van der Waals surface area contributed by atoms with Crippen molar-refractivity contribution < 1.29 is 17.6 Å². The van der Waals surface area contributed by atoms with Crippen LogP contribution in [0.1, 0.15) is 43.0 Å². The molecule has 1 aliphatic heterocycles. The molecule has 4 atom stereocenters. The van der Waals surface area contributed by atoms with E-state index in [2.05, 4.69) is 4.98 Å². The lowest BCUT2D eigenvalue weighted by atomic mass is 9.85. The number of alkyl halides is 3. The number of halogens is 4. The van der Waals surface area contributed by atoms with E-state index in [9.17, 15) is 22.8 Å². The molecule has 7 nitrogen and oxygen atoms in total. The van der Waals surface area contributed by atoms with Crippen LogP contribution in [0.5, 0.6) is 0 Å². The van der Waals surface area contributed by atoms with Gasteiger partial charge >= 0.3 is 11.9 Å². The van der Waals surface area contributed by atoms with Gasteiger partial charge < -0.3 is 11.5 Å². The molecule has 0 aromatic carbocycles. The highest BCUT2D eigenvalue weighted by atomic mass is 19.4. The standard InChI is InChI=1S/C18H23F4N5O2/c1-7-14-11(16(28)25-17(29)27(14)9-2-3-9)13(24)12(19)15(7)26-5-8(4-23)10(6-26)18(20,21)22/h7-10,15H,2-6,23-24H2,1H3,(H,25,28,29). The van der Waals surface area contributed by atoms with Crippen LogP contribution in [0.25, 0.3) is 5.70 Å². The van der Waals surface area contributed by atoms with Crippen LogP contribution < -0.4 is 22.7 Å². The molecule has 2 aliphatic carbocycles. The maximum Gasteiger partial charge on any atom is 0.393 e. The first-order chi connectivity index (χ1) is 13.6. The number of aromatic nitrogens is 2. The third-order valence-electron chi connectivity index (χ3n) is 6.37. The third-order valence-corrected chi connectivity index (χ3v) is 6.37. The number of nitrogens with zero attached hydrogens (tertiary/aromatic N) is 2. The van der Waals surface area contributed by atoms with Crippen molar-refractivity contribution in [2.24, 2.45) is 23.3 Å². The van der Waals surface area contributed by atoms with Gasteiger partial charge in [-0.25, -0.2) is 9.18 Å². The Morgan fingerprint density at radius 3 is 2.38 bits per heavy atom. The van der Waals surface area contributed by atoms with E-state index >= 15 is 4.39 Å². The number of hydrogen-bond donors (Lipinski definition) is 3. The highest BCUT2D eigenvalue weighted by Crippen LogP contribution is 2.45. The van der Waals surface area contributed by atoms with Crippen molar-refractivity contribution >= 4 is 5.70 Å². The Hall–Kier alpha value is -2.14. The van der Waals surface area contributed by atoms with Gasteiger partial charge in [-0.3, -0.25) is 19.2 Å². The van der Waals surface area contributed by atoms with Crippen LogP contribution in [-0.4, -0.2) is 46.3 Å². The molecule has 160 valence electrons. The summed E-state index contributed by atoms with van der Waals surface area (Å²) in [4.78, 5) is 28.4. The van der Waals surface area contributed by atoms with Gasteiger partial charge in [0.2, 0.25) is 0 Å². The van der Waals surface area contributed by atoms with E-state index in [0.717, 1.165) is 12.8 Å². The third kappa shape index (κ3) is 3.10. The van der Waals surface area contributed by atoms with Crippen LogP contribution in [0.15, 0.2) is 15.4 Å². The molecule has 0 bridgehead atoms. The minimum Gasteiger partial charge on any atom is -0.396 e. The van der Waals surface area contributed by atoms with E-state index in [1.54, 1.807) is 6.92 Å². The summed E-state index contributed by atoms with van der Waals surface area (Å²) in [5.74, 6) is -4.09. The first kappa shape index (κ1) is 20.1. The molecule has 0 spiro atoms. The number of likely N-dealkylation sites (tertiary alicyclic amines) is 1. The van der Waals surface area contributed by atoms with Gasteiger partial charge in [-0.1, -0.05) is 6.92 Å². The number of rotatable bonds is 3. The van der Waals surface area contributed by atoms with Crippen LogP contribution >= 0.6 is 0 Å². The fourth-order valence-electron chi connectivity index (χ4n) is 4.83. The van der Waals surface area contributed by atoms with Crippen molar-refractivity contribution in [3.63, 3.8) is 0 Å². The van der Waals surface area contributed by atoms with Crippen molar-refractivity contribution in [1.82, 2.24) is 14.5 Å². The second kappa shape index (κ2) is 6.69. The molecule has 4 unspecified atom stereocenters. The van der Waals surface area contributed by atoms with Crippen LogP contribution in [0.2, 0.25) is 0 Å². The number of aromatic amines is 1. The Kier molecular flexibility index (Phi) is 4.65. The van der Waals surface area contributed by atoms with Crippen molar-refractivity contribution in [2.75, 3.05) is 19.6 Å². The summed E-state index contributed by atoms with van der Waals surface area (Å²) in [5.41, 5.74) is 9.88. The summed E-state index contributed by atoms with van der Waals surface area (Å²) in [6, 6.07) is -1.21. The van der Waals surface area contributed by atoms with Crippen molar-refractivity contribution in [2.45, 2.75) is 43.9 Å². The van der Waals surface area contributed by atoms with Gasteiger partial charge in [0.1, 0.15) is 5.83 Å². The monoisotopic (exact) mass is 417 g/mol. The van der Waals surface area contributed by atoms with Gasteiger partial charge in [0.15, 0.2) is 0 Å². The molecule has 1 saturated carbocycles. The lowest BCUT2D eigenvalue weighted by Crippen LogP contribution is -2.47. The van der Waals surface area contributed by atoms with Crippen molar-refractivity contribution in [3.8, 4) is 0 Å². The average molecular weight is 417 g/mol. The van der Waals surface area contributed by atoms with Gasteiger partial charge in [0, 0.05) is 30.7 Å². The quantitative estimate of drug-likeness (QED) is 0.637. The molecular weight excluding hydrogens is 394 g/mol. The van der Waals surface area contributed by atoms with Gasteiger partial charge in [-0.2, -0.15) is 13.2 Å². The highest BCUT2D eigenvalue weighted by Gasteiger charge is 2.52. The smallest absolute Gasteiger partial charge is 0.393 e. The fraction of sp³-hybridized carbons (Fsp3) is 0.667. The second-order valence-electron chi connectivity index (χ2n) is 8.21. The van der Waals surface area contributed by atoms with Crippen LogP contribution in [0.4, 0.5) is 17.6 Å². The molecule has 2 heterocycles. The van der Waals surface area contributed by atoms with Gasteiger partial charge in [-0.15, -0.1) is 0 Å². The Balaban J connectivity index is 1.81. The zero-order chi connectivity index (χ0) is 21.2. The average Bonchev–Trinajstić information content (AvgIpc) is 3.36. The molecule has 1 saturated heterocycles. The first-order valence-corrected chi connectivity index (χ1v) is 9.61. The largest absolute Gasteiger partial charge is 0.396 e. The number of nitrogens with two attached hydrogens (primary N) is 2. The molecule has 3 aliphatic rings. The maximum absolute atomic E-state index is 15.3. The normalized spacial score (nSPS) is 30.7. The molecule has 2 fully saturated rings. The van der Waals surface area contributed by atoms with E-state index in [1.807, 2.05) is 0 Å². The Bertz CT molecular complexity index is 978. The number of nitrogens with one attached hydrogen (secondary N) is 1. The lowest BCUT2D eigenvalue weighted by molar-refractivity contribution is -0.179. The van der Waals surface area contributed by atoms with Crippen molar-refractivity contribution in [3.05, 3.63) is 37.9 Å². The molecule has 0 amide bonds. The molecule has 4 rings (SSSR count). The minimum absolute atomic E-state index is 0.0391. The fourth-order valence-corrected chi connectivity index (χ4v) is 4.83. The lowest BCUT2D eigenvalue weighted by Gasteiger charge is -2.37. The number of H-pyrrole nitrogens is 1. The highest BCUT2D eigenvalue weighted by molar-refractivity contribution is 5.70. The molecule has 11 heteroatoms. The van der Waals surface area contributed by atoms with E-state index in [0.29, 0.717) is 5.69 Å². The summed E-state index contributed by atoms with van der Waals surface area (Å²) < 4.78 is 57.0. The van der Waals surface area contributed by atoms with Gasteiger partial charge in [0.05, 0.1) is 23.2 Å². The minimum atomic E-state index is -4.45.